The lowest BCUT2D eigenvalue weighted by Crippen LogP contribution is -2.28. The monoisotopic (exact) mass is 372 g/mol. The molecule has 1 atom stereocenters. The molecule has 1 N–H and O–H groups in total. The Bertz CT molecular complexity index is 834. The van der Waals surface area contributed by atoms with Crippen LogP contribution in [0.1, 0.15) is 19.3 Å². The molecule has 4 rings (SSSR count). The van der Waals surface area contributed by atoms with Gasteiger partial charge in [0.15, 0.2) is 0 Å². The Kier molecular flexibility index (Phi) is 4.82. The average Bonchev–Trinajstić information content (AvgIpc) is 3.35. The second kappa shape index (κ2) is 7.25. The summed E-state index contributed by atoms with van der Waals surface area (Å²) in [6, 6.07) is 14.1. The highest BCUT2D eigenvalue weighted by Gasteiger charge is 2.28. The number of hydrogen-bond acceptors (Lipinski definition) is 5. The molecule has 1 unspecified atom stereocenters. The summed E-state index contributed by atoms with van der Waals surface area (Å²) in [5, 5.41) is 3.54. The summed E-state index contributed by atoms with van der Waals surface area (Å²) in [4.78, 5) is 6.93. The smallest absolute Gasteiger partial charge is 0.244 e. The quantitative estimate of drug-likeness (QED) is 0.874. The van der Waals surface area contributed by atoms with E-state index in [0.717, 1.165) is 43.9 Å². The predicted molar refractivity (Wildman–Crippen MR) is 103 cm³/mol. The van der Waals surface area contributed by atoms with Crippen LogP contribution >= 0.6 is 0 Å². The first-order valence-corrected chi connectivity index (χ1v) is 10.6. The first-order chi connectivity index (χ1) is 12.6. The average molecular weight is 372 g/mol. The maximum atomic E-state index is 12.6. The van der Waals surface area contributed by atoms with Crippen molar-refractivity contribution in [3.63, 3.8) is 0 Å². The summed E-state index contributed by atoms with van der Waals surface area (Å²) in [7, 11) is -3.39. The molecule has 2 aliphatic rings. The number of aromatic nitrogens is 1. The number of nitrogens with zero attached hydrogens (tertiary/aromatic N) is 3. The van der Waals surface area contributed by atoms with Gasteiger partial charge in [-0.25, -0.2) is 13.4 Å². The molecule has 0 saturated carbocycles. The van der Waals surface area contributed by atoms with Gasteiger partial charge in [0.25, 0.3) is 0 Å². The molecule has 3 heterocycles. The largest absolute Gasteiger partial charge is 0.380 e. The molecule has 1 aromatic heterocycles. The van der Waals surface area contributed by atoms with Crippen LogP contribution in [0.25, 0.3) is 0 Å². The van der Waals surface area contributed by atoms with Crippen molar-refractivity contribution >= 4 is 21.5 Å². The fraction of sp³-hybridized carbons (Fsp3) is 0.421. The third kappa shape index (κ3) is 3.54. The summed E-state index contributed by atoms with van der Waals surface area (Å²) in [5.74, 6) is 0.836. The SMILES string of the molecule is O=S(=O)(c1ccc(N2CCC(Nc3ccccc3)C2)nc1)N1CCCC1. The molecule has 1 aromatic carbocycles. The van der Waals surface area contributed by atoms with E-state index in [1.54, 1.807) is 10.4 Å². The Balaban J connectivity index is 1.41. The van der Waals surface area contributed by atoms with Crippen molar-refractivity contribution in [3.8, 4) is 0 Å². The highest BCUT2D eigenvalue weighted by Crippen LogP contribution is 2.24. The molecule has 2 fully saturated rings. The topological polar surface area (TPSA) is 65.5 Å². The second-order valence-corrected chi connectivity index (χ2v) is 8.84. The van der Waals surface area contributed by atoms with E-state index in [-0.39, 0.29) is 0 Å². The molecule has 0 spiro atoms. The molecule has 2 saturated heterocycles. The van der Waals surface area contributed by atoms with Gasteiger partial charge in [0.2, 0.25) is 10.0 Å². The van der Waals surface area contributed by atoms with Crippen molar-refractivity contribution in [2.45, 2.75) is 30.2 Å². The van der Waals surface area contributed by atoms with Crippen LogP contribution in [0.15, 0.2) is 53.6 Å². The third-order valence-corrected chi connectivity index (χ3v) is 6.96. The van der Waals surface area contributed by atoms with Crippen molar-refractivity contribution in [2.24, 2.45) is 0 Å². The van der Waals surface area contributed by atoms with E-state index in [2.05, 4.69) is 27.3 Å². The van der Waals surface area contributed by atoms with Crippen molar-refractivity contribution in [1.82, 2.24) is 9.29 Å². The molecule has 0 amide bonds. The zero-order valence-electron chi connectivity index (χ0n) is 14.7. The number of nitrogens with one attached hydrogen (secondary N) is 1. The minimum atomic E-state index is -3.39. The lowest BCUT2D eigenvalue weighted by atomic mass is 10.2. The number of sulfonamides is 1. The Labute approximate surface area is 154 Å². The molecule has 26 heavy (non-hydrogen) atoms. The van der Waals surface area contributed by atoms with Gasteiger partial charge < -0.3 is 10.2 Å². The van der Waals surface area contributed by atoms with Crippen LogP contribution in [0.4, 0.5) is 11.5 Å². The van der Waals surface area contributed by atoms with Crippen LogP contribution in [0.2, 0.25) is 0 Å². The third-order valence-electron chi connectivity index (χ3n) is 5.08. The van der Waals surface area contributed by atoms with Crippen molar-refractivity contribution < 1.29 is 8.42 Å². The minimum absolute atomic E-state index is 0.293. The Morgan fingerprint density at radius 1 is 1.00 bits per heavy atom. The Morgan fingerprint density at radius 3 is 2.46 bits per heavy atom. The molecule has 0 aliphatic carbocycles. The number of benzene rings is 1. The van der Waals surface area contributed by atoms with Crippen LogP contribution in [0.3, 0.4) is 0 Å². The van der Waals surface area contributed by atoms with Crippen LogP contribution in [0, 0.1) is 0 Å². The van der Waals surface area contributed by atoms with Gasteiger partial charge in [-0.2, -0.15) is 4.31 Å². The lowest BCUT2D eigenvalue weighted by molar-refractivity contribution is 0.477. The highest BCUT2D eigenvalue weighted by atomic mass is 32.2. The van der Waals surface area contributed by atoms with E-state index in [1.807, 2.05) is 24.3 Å². The van der Waals surface area contributed by atoms with E-state index < -0.39 is 10.0 Å². The van der Waals surface area contributed by atoms with Gasteiger partial charge >= 0.3 is 0 Å². The summed E-state index contributed by atoms with van der Waals surface area (Å²) in [6.07, 6.45) is 4.41. The molecule has 0 radical (unpaired) electrons. The minimum Gasteiger partial charge on any atom is -0.380 e. The van der Waals surface area contributed by atoms with E-state index in [1.165, 1.54) is 6.20 Å². The molecule has 2 aliphatic heterocycles. The molecule has 7 heteroatoms. The van der Waals surface area contributed by atoms with Crippen LogP contribution in [0.5, 0.6) is 0 Å². The van der Waals surface area contributed by atoms with Gasteiger partial charge in [-0.3, -0.25) is 0 Å². The number of hydrogen-bond donors (Lipinski definition) is 1. The van der Waals surface area contributed by atoms with Crippen molar-refractivity contribution in [3.05, 3.63) is 48.7 Å². The van der Waals surface area contributed by atoms with Crippen molar-refractivity contribution in [1.29, 1.82) is 0 Å². The predicted octanol–water partition coefficient (Wildman–Crippen LogP) is 2.56. The van der Waals surface area contributed by atoms with E-state index >= 15 is 0 Å². The number of anilines is 2. The van der Waals surface area contributed by atoms with Gasteiger partial charge in [0.1, 0.15) is 10.7 Å². The fourth-order valence-electron chi connectivity index (χ4n) is 3.65. The summed E-state index contributed by atoms with van der Waals surface area (Å²) >= 11 is 0. The van der Waals surface area contributed by atoms with E-state index in [9.17, 15) is 8.42 Å². The van der Waals surface area contributed by atoms with Gasteiger partial charge in [-0.05, 0) is 43.5 Å². The summed E-state index contributed by atoms with van der Waals surface area (Å²) in [5.41, 5.74) is 1.12. The molecular formula is C19H24N4O2S. The molecule has 138 valence electrons. The standard InChI is InChI=1S/C19H24N4O2S/c24-26(25,23-11-4-5-12-23)18-8-9-19(20-14-18)22-13-10-17(15-22)21-16-6-2-1-3-7-16/h1-3,6-9,14,17,21H,4-5,10-13,15H2. The summed E-state index contributed by atoms with van der Waals surface area (Å²) in [6.45, 7) is 3.00. The summed E-state index contributed by atoms with van der Waals surface area (Å²) < 4.78 is 26.7. The first-order valence-electron chi connectivity index (χ1n) is 9.16. The second-order valence-electron chi connectivity index (χ2n) is 6.91. The molecule has 6 nitrogen and oxygen atoms in total. The Morgan fingerprint density at radius 2 is 1.77 bits per heavy atom. The number of pyridine rings is 1. The normalized spacial score (nSPS) is 21.2. The first kappa shape index (κ1) is 17.3. The van der Waals surface area contributed by atoms with Crippen LogP contribution < -0.4 is 10.2 Å². The van der Waals surface area contributed by atoms with Crippen molar-refractivity contribution in [2.75, 3.05) is 36.4 Å². The van der Waals surface area contributed by atoms with E-state index in [4.69, 9.17) is 0 Å². The maximum absolute atomic E-state index is 12.6. The van der Waals surface area contributed by atoms with Gasteiger partial charge in [-0.1, -0.05) is 18.2 Å². The highest BCUT2D eigenvalue weighted by molar-refractivity contribution is 7.89. The Hall–Kier alpha value is -2.12. The fourth-order valence-corrected chi connectivity index (χ4v) is 5.11. The maximum Gasteiger partial charge on any atom is 0.244 e. The van der Waals surface area contributed by atoms with Gasteiger partial charge in [0, 0.05) is 44.1 Å². The zero-order valence-corrected chi connectivity index (χ0v) is 15.5. The van der Waals surface area contributed by atoms with Crippen LogP contribution in [-0.2, 0) is 10.0 Å². The molecule has 2 aromatic rings. The molecule has 0 bridgehead atoms. The number of para-hydroxylation sites is 1. The zero-order chi connectivity index (χ0) is 18.0. The lowest BCUT2D eigenvalue weighted by Gasteiger charge is -2.19. The van der Waals surface area contributed by atoms with Gasteiger partial charge in [0.05, 0.1) is 0 Å². The van der Waals surface area contributed by atoms with Gasteiger partial charge in [-0.15, -0.1) is 0 Å². The van der Waals surface area contributed by atoms with E-state index in [0.29, 0.717) is 24.0 Å². The molecular weight excluding hydrogens is 348 g/mol. The number of rotatable bonds is 5. The van der Waals surface area contributed by atoms with Crippen LogP contribution in [-0.4, -0.2) is 49.9 Å².